The first kappa shape index (κ1) is 21.4. The van der Waals surface area contributed by atoms with E-state index < -0.39 is 34.2 Å². The Kier molecular flexibility index (Phi) is 6.97. The molecule has 2 unspecified atom stereocenters. The molecule has 1 amide bonds. The van der Waals surface area contributed by atoms with Crippen molar-refractivity contribution in [2.45, 2.75) is 35.4 Å². The summed E-state index contributed by atoms with van der Waals surface area (Å²) in [5, 5.41) is 12.1. The highest BCUT2D eigenvalue weighted by Gasteiger charge is 2.30. The van der Waals surface area contributed by atoms with Crippen LogP contribution in [0.25, 0.3) is 0 Å². The summed E-state index contributed by atoms with van der Waals surface area (Å²) in [6.45, 7) is 0.969. The quantitative estimate of drug-likeness (QED) is 0.751. The summed E-state index contributed by atoms with van der Waals surface area (Å²) < 4.78 is 39.9. The van der Waals surface area contributed by atoms with Gasteiger partial charge in [-0.05, 0) is 56.1 Å². The van der Waals surface area contributed by atoms with Gasteiger partial charge in [0.1, 0.15) is 0 Å². The predicted octanol–water partition coefficient (Wildman–Crippen LogP) is 2.60. The van der Waals surface area contributed by atoms with Crippen LogP contribution in [-0.2, 0) is 22.0 Å². The molecule has 0 saturated carbocycles. The van der Waals surface area contributed by atoms with E-state index in [0.29, 0.717) is 25.9 Å². The van der Waals surface area contributed by atoms with Crippen LogP contribution in [0.15, 0.2) is 47.4 Å². The molecule has 8 heteroatoms. The molecule has 29 heavy (non-hydrogen) atoms. The third-order valence-corrected chi connectivity index (χ3v) is 7.01. The van der Waals surface area contributed by atoms with Crippen molar-refractivity contribution in [2.75, 3.05) is 20.1 Å². The Labute approximate surface area is 171 Å². The van der Waals surface area contributed by atoms with Gasteiger partial charge in [0.05, 0.1) is 16.8 Å². The molecule has 1 fully saturated rings. The molecule has 0 aromatic heterocycles. The molecule has 1 saturated heterocycles. The minimum absolute atomic E-state index is 0.00484. The number of halogens is 2. The van der Waals surface area contributed by atoms with E-state index in [1.54, 1.807) is 11.9 Å². The maximum absolute atomic E-state index is 13.6. The number of nitrogens with one attached hydrogen (secondary N) is 1. The monoisotopic (exact) mass is 422 g/mol. The summed E-state index contributed by atoms with van der Waals surface area (Å²) in [6.07, 6.45) is 1.36. The van der Waals surface area contributed by atoms with E-state index in [2.05, 4.69) is 5.32 Å². The lowest BCUT2D eigenvalue weighted by Gasteiger charge is -2.34. The highest BCUT2D eigenvalue weighted by molar-refractivity contribution is 7.85. The number of hydrogen-bond donors (Lipinski definition) is 2. The Hall–Kier alpha value is -2.32. The summed E-state index contributed by atoms with van der Waals surface area (Å²) in [6, 6.07) is 10.7. The van der Waals surface area contributed by atoms with Crippen molar-refractivity contribution >= 4 is 16.7 Å². The van der Waals surface area contributed by atoms with Crippen molar-refractivity contribution < 1.29 is 22.9 Å². The number of phenolic OH excluding ortho intramolecular Hbond substituents is 1. The van der Waals surface area contributed by atoms with Crippen molar-refractivity contribution in [3.8, 4) is 5.75 Å². The first-order chi connectivity index (χ1) is 13.9. The number of aromatic hydroxyl groups is 1. The predicted molar refractivity (Wildman–Crippen MR) is 107 cm³/mol. The lowest BCUT2D eigenvalue weighted by Crippen LogP contribution is -2.50. The van der Waals surface area contributed by atoms with Crippen molar-refractivity contribution in [3.63, 3.8) is 0 Å². The average Bonchev–Trinajstić information content (AvgIpc) is 2.75. The third-order valence-electron chi connectivity index (χ3n) is 5.19. The number of benzene rings is 2. The van der Waals surface area contributed by atoms with Gasteiger partial charge in [0.2, 0.25) is 5.91 Å². The van der Waals surface area contributed by atoms with Crippen molar-refractivity contribution in [3.05, 3.63) is 59.7 Å². The minimum atomic E-state index is -1.11. The normalized spacial score (nSPS) is 17.1. The van der Waals surface area contributed by atoms with Crippen LogP contribution >= 0.6 is 0 Å². The molecule has 2 atom stereocenters. The lowest BCUT2D eigenvalue weighted by molar-refractivity contribution is -0.134. The van der Waals surface area contributed by atoms with Crippen molar-refractivity contribution in [2.24, 2.45) is 0 Å². The Morgan fingerprint density at radius 1 is 1.21 bits per heavy atom. The van der Waals surface area contributed by atoms with E-state index in [4.69, 9.17) is 0 Å². The largest absolute Gasteiger partial charge is 0.503 e. The fraction of sp³-hybridized carbons (Fsp3) is 0.381. The van der Waals surface area contributed by atoms with Crippen LogP contribution < -0.4 is 5.32 Å². The molecular weight excluding hydrogens is 398 g/mol. The highest BCUT2D eigenvalue weighted by Crippen LogP contribution is 2.24. The van der Waals surface area contributed by atoms with Gasteiger partial charge in [0, 0.05) is 23.2 Å². The van der Waals surface area contributed by atoms with Gasteiger partial charge < -0.3 is 15.3 Å². The second-order valence-electron chi connectivity index (χ2n) is 7.09. The standard InChI is InChI=1S/C21H24F2N2O3S/c1-24-19(13-14-11-17(22)20(26)18(23)12-14)21(27)25-9-7-16(8-10-25)29(28)15-5-3-2-4-6-15/h2-6,11-12,16,19,24,26H,7-10,13H2,1H3. The number of phenols is 1. The summed E-state index contributed by atoms with van der Waals surface area (Å²) in [4.78, 5) is 15.4. The molecular formula is C21H24F2N2O3S. The Morgan fingerprint density at radius 3 is 2.34 bits per heavy atom. The SMILES string of the molecule is CNC(Cc1cc(F)c(O)c(F)c1)C(=O)N1CCC(S(=O)c2ccccc2)CC1. The smallest absolute Gasteiger partial charge is 0.240 e. The van der Waals surface area contributed by atoms with Gasteiger partial charge in [-0.15, -0.1) is 0 Å². The zero-order chi connectivity index (χ0) is 21.0. The van der Waals surface area contributed by atoms with Gasteiger partial charge in [-0.2, -0.15) is 0 Å². The minimum Gasteiger partial charge on any atom is -0.503 e. The van der Waals surface area contributed by atoms with E-state index >= 15 is 0 Å². The molecule has 5 nitrogen and oxygen atoms in total. The van der Waals surface area contributed by atoms with E-state index in [0.717, 1.165) is 17.0 Å². The molecule has 0 aliphatic carbocycles. The van der Waals surface area contributed by atoms with E-state index in [1.165, 1.54) is 0 Å². The summed E-state index contributed by atoms with van der Waals surface area (Å²) in [5.41, 5.74) is 0.283. The second kappa shape index (κ2) is 9.45. The van der Waals surface area contributed by atoms with Crippen LogP contribution in [0.3, 0.4) is 0 Å². The maximum atomic E-state index is 13.6. The van der Waals surface area contributed by atoms with Gasteiger partial charge in [0.15, 0.2) is 17.4 Å². The zero-order valence-electron chi connectivity index (χ0n) is 16.1. The number of nitrogens with zero attached hydrogens (tertiary/aromatic N) is 1. The van der Waals surface area contributed by atoms with Gasteiger partial charge in [0.25, 0.3) is 0 Å². The number of hydrogen-bond acceptors (Lipinski definition) is 4. The van der Waals surface area contributed by atoms with Crippen molar-refractivity contribution in [1.29, 1.82) is 0 Å². The van der Waals surface area contributed by atoms with Crippen molar-refractivity contribution in [1.82, 2.24) is 10.2 Å². The Bertz CT molecular complexity index is 864. The molecule has 2 N–H and O–H groups in total. The molecule has 2 aromatic rings. The number of carbonyl (C=O) groups excluding carboxylic acids is 1. The fourth-order valence-corrected chi connectivity index (χ4v) is 4.99. The van der Waals surface area contributed by atoms with Gasteiger partial charge in [-0.1, -0.05) is 18.2 Å². The summed E-state index contributed by atoms with van der Waals surface area (Å²) in [5.74, 6) is -3.28. The van der Waals surface area contributed by atoms with Crippen LogP contribution in [-0.4, -0.2) is 51.6 Å². The molecule has 0 radical (unpaired) electrons. The van der Waals surface area contributed by atoms with E-state index in [1.807, 2.05) is 30.3 Å². The van der Waals surface area contributed by atoms with Crippen LogP contribution in [0, 0.1) is 11.6 Å². The van der Waals surface area contributed by atoms with Crippen LogP contribution in [0.1, 0.15) is 18.4 Å². The first-order valence-corrected chi connectivity index (χ1v) is 10.7. The van der Waals surface area contributed by atoms with Crippen LogP contribution in [0.5, 0.6) is 5.75 Å². The summed E-state index contributed by atoms with van der Waals surface area (Å²) >= 11 is 0. The number of piperidine rings is 1. The molecule has 2 aromatic carbocycles. The number of likely N-dealkylation sites (N-methyl/N-ethyl adjacent to an activating group) is 1. The van der Waals surface area contributed by atoms with Crippen LogP contribution in [0.2, 0.25) is 0 Å². The van der Waals surface area contributed by atoms with Gasteiger partial charge in [-0.25, -0.2) is 8.78 Å². The van der Waals surface area contributed by atoms with E-state index in [-0.39, 0.29) is 23.1 Å². The molecule has 3 rings (SSSR count). The van der Waals surface area contributed by atoms with Gasteiger partial charge in [-0.3, -0.25) is 9.00 Å². The summed E-state index contributed by atoms with van der Waals surface area (Å²) in [7, 11) is 0.508. The molecule has 156 valence electrons. The molecule has 1 aliphatic heterocycles. The topological polar surface area (TPSA) is 69.6 Å². The highest BCUT2D eigenvalue weighted by atomic mass is 32.2. The number of rotatable bonds is 6. The number of likely N-dealkylation sites (tertiary alicyclic amines) is 1. The molecule has 0 bridgehead atoms. The van der Waals surface area contributed by atoms with Crippen LogP contribution in [0.4, 0.5) is 8.78 Å². The Morgan fingerprint density at radius 2 is 1.79 bits per heavy atom. The maximum Gasteiger partial charge on any atom is 0.240 e. The molecule has 1 heterocycles. The second-order valence-corrected chi connectivity index (χ2v) is 8.82. The number of carbonyl (C=O) groups is 1. The average molecular weight is 422 g/mol. The zero-order valence-corrected chi connectivity index (χ0v) is 16.9. The van der Waals surface area contributed by atoms with E-state index in [9.17, 15) is 22.9 Å². The lowest BCUT2D eigenvalue weighted by atomic mass is 10.0. The Balaban J connectivity index is 1.61. The fourth-order valence-electron chi connectivity index (χ4n) is 3.54. The van der Waals surface area contributed by atoms with Gasteiger partial charge >= 0.3 is 0 Å². The molecule has 0 spiro atoms. The number of amides is 1. The molecule has 1 aliphatic rings. The third kappa shape index (κ3) is 5.00. The first-order valence-electron chi connectivity index (χ1n) is 9.49.